The summed E-state index contributed by atoms with van der Waals surface area (Å²) in [6.45, 7) is 1.87. The van der Waals surface area contributed by atoms with Crippen LogP contribution in [0.4, 0.5) is 5.69 Å². The lowest BCUT2D eigenvalue weighted by Crippen LogP contribution is -2.09. The molecule has 0 bridgehead atoms. The van der Waals surface area contributed by atoms with Gasteiger partial charge in [0.05, 0.1) is 0 Å². The monoisotopic (exact) mass is 273 g/mol. The Morgan fingerprint density at radius 2 is 1.48 bits per heavy atom. The molecule has 102 valence electrons. The zero-order chi connectivity index (χ0) is 14.4. The van der Waals surface area contributed by atoms with E-state index in [9.17, 15) is 4.79 Å². The number of rotatable bonds is 2. The van der Waals surface area contributed by atoms with E-state index in [2.05, 4.69) is 53.8 Å². The van der Waals surface area contributed by atoms with Crippen molar-refractivity contribution in [3.05, 3.63) is 54.6 Å². The van der Waals surface area contributed by atoms with Crippen LogP contribution in [-0.4, -0.2) is 5.91 Å². The predicted molar refractivity (Wildman–Crippen MR) is 89.1 cm³/mol. The number of hydrogen-bond donors (Lipinski definition) is 1. The maximum absolute atomic E-state index is 11.7. The first-order valence-corrected chi connectivity index (χ1v) is 7.24. The molecule has 0 aromatic heterocycles. The SMILES string of the molecule is CCC(=O)Nc1ccc2ccc3cccc4ccc1c2c34. The number of carbonyl (C=O) groups is 1. The van der Waals surface area contributed by atoms with Gasteiger partial charge in [-0.15, -0.1) is 0 Å². The highest BCUT2D eigenvalue weighted by Gasteiger charge is 2.11. The van der Waals surface area contributed by atoms with Crippen LogP contribution in [0.1, 0.15) is 13.3 Å². The highest BCUT2D eigenvalue weighted by molar-refractivity contribution is 6.25. The summed E-state index contributed by atoms with van der Waals surface area (Å²) in [5.41, 5.74) is 0.896. The van der Waals surface area contributed by atoms with Gasteiger partial charge in [-0.1, -0.05) is 55.5 Å². The van der Waals surface area contributed by atoms with Crippen molar-refractivity contribution >= 4 is 43.9 Å². The molecule has 0 heterocycles. The third-order valence-electron chi connectivity index (χ3n) is 4.12. The Morgan fingerprint density at radius 1 is 0.857 bits per heavy atom. The van der Waals surface area contributed by atoms with Crippen LogP contribution in [0, 0.1) is 0 Å². The Labute approximate surface area is 122 Å². The molecule has 0 radical (unpaired) electrons. The summed E-state index contributed by atoms with van der Waals surface area (Å²) in [5, 5.41) is 10.3. The van der Waals surface area contributed by atoms with E-state index >= 15 is 0 Å². The van der Waals surface area contributed by atoms with Crippen molar-refractivity contribution < 1.29 is 4.79 Å². The van der Waals surface area contributed by atoms with Gasteiger partial charge >= 0.3 is 0 Å². The van der Waals surface area contributed by atoms with E-state index in [1.54, 1.807) is 0 Å². The van der Waals surface area contributed by atoms with E-state index in [0.717, 1.165) is 11.1 Å². The van der Waals surface area contributed by atoms with Crippen molar-refractivity contribution in [2.24, 2.45) is 0 Å². The lowest BCUT2D eigenvalue weighted by molar-refractivity contribution is -0.115. The van der Waals surface area contributed by atoms with Gasteiger partial charge in [-0.3, -0.25) is 4.79 Å². The smallest absolute Gasteiger partial charge is 0.224 e. The molecule has 0 spiro atoms. The van der Waals surface area contributed by atoms with Crippen molar-refractivity contribution in [3.8, 4) is 0 Å². The van der Waals surface area contributed by atoms with E-state index in [4.69, 9.17) is 0 Å². The molecular formula is C19H15NO. The molecule has 1 amide bonds. The standard InChI is InChI=1S/C19H15NO/c1-2-17(21)20-16-11-9-14-7-6-12-4-3-5-13-8-10-15(16)19(14)18(12)13/h3-11H,2H2,1H3,(H,20,21). The summed E-state index contributed by atoms with van der Waals surface area (Å²) in [4.78, 5) is 11.7. The van der Waals surface area contributed by atoms with Gasteiger partial charge in [0.15, 0.2) is 0 Å². The van der Waals surface area contributed by atoms with Gasteiger partial charge in [0.1, 0.15) is 0 Å². The molecular weight excluding hydrogens is 258 g/mol. The van der Waals surface area contributed by atoms with Gasteiger partial charge in [-0.05, 0) is 33.0 Å². The molecule has 0 aliphatic carbocycles. The maximum atomic E-state index is 11.7. The second-order valence-electron chi connectivity index (χ2n) is 5.37. The van der Waals surface area contributed by atoms with Gasteiger partial charge in [-0.25, -0.2) is 0 Å². The molecule has 0 unspecified atom stereocenters. The highest BCUT2D eigenvalue weighted by atomic mass is 16.1. The first-order valence-electron chi connectivity index (χ1n) is 7.24. The Balaban J connectivity index is 2.13. The largest absolute Gasteiger partial charge is 0.326 e. The van der Waals surface area contributed by atoms with E-state index in [-0.39, 0.29) is 5.91 Å². The first-order chi connectivity index (χ1) is 10.3. The number of hydrogen-bond acceptors (Lipinski definition) is 1. The third kappa shape index (κ3) is 1.76. The number of amides is 1. The molecule has 0 atom stereocenters. The summed E-state index contributed by atoms with van der Waals surface area (Å²) in [5.74, 6) is 0.0463. The molecule has 4 aromatic rings. The molecule has 0 aliphatic heterocycles. The van der Waals surface area contributed by atoms with Crippen molar-refractivity contribution in [2.75, 3.05) is 5.32 Å². The van der Waals surface area contributed by atoms with Crippen LogP contribution in [0.25, 0.3) is 32.3 Å². The second kappa shape index (κ2) is 4.45. The Morgan fingerprint density at radius 3 is 2.19 bits per heavy atom. The van der Waals surface area contributed by atoms with Crippen LogP contribution in [0.2, 0.25) is 0 Å². The molecule has 4 rings (SSSR count). The predicted octanol–water partition coefficient (Wildman–Crippen LogP) is 4.93. The van der Waals surface area contributed by atoms with Crippen molar-refractivity contribution in [1.82, 2.24) is 0 Å². The van der Waals surface area contributed by atoms with Crippen LogP contribution < -0.4 is 5.32 Å². The maximum Gasteiger partial charge on any atom is 0.224 e. The molecule has 2 nitrogen and oxygen atoms in total. The fourth-order valence-electron chi connectivity index (χ4n) is 3.08. The third-order valence-corrected chi connectivity index (χ3v) is 4.12. The first kappa shape index (κ1) is 12.2. The van der Waals surface area contributed by atoms with E-state index in [1.807, 2.05) is 13.0 Å². The molecule has 0 saturated carbocycles. The lowest BCUT2D eigenvalue weighted by Gasteiger charge is -2.14. The van der Waals surface area contributed by atoms with Gasteiger partial charge in [0, 0.05) is 17.5 Å². The quantitative estimate of drug-likeness (QED) is 0.515. The molecule has 0 fully saturated rings. The number of carbonyl (C=O) groups excluding carboxylic acids is 1. The van der Waals surface area contributed by atoms with Crippen LogP contribution >= 0.6 is 0 Å². The fraction of sp³-hybridized carbons (Fsp3) is 0.105. The van der Waals surface area contributed by atoms with Crippen LogP contribution in [0.5, 0.6) is 0 Å². The molecule has 2 heteroatoms. The topological polar surface area (TPSA) is 29.1 Å². The normalized spacial score (nSPS) is 11.5. The molecule has 0 aliphatic rings. The van der Waals surface area contributed by atoms with Crippen LogP contribution in [0.3, 0.4) is 0 Å². The molecule has 21 heavy (non-hydrogen) atoms. The lowest BCUT2D eigenvalue weighted by atomic mass is 9.93. The summed E-state index contributed by atoms with van der Waals surface area (Å²) < 4.78 is 0. The van der Waals surface area contributed by atoms with E-state index in [0.29, 0.717) is 6.42 Å². The van der Waals surface area contributed by atoms with Crippen LogP contribution in [-0.2, 0) is 4.79 Å². The number of anilines is 1. The van der Waals surface area contributed by atoms with E-state index < -0.39 is 0 Å². The summed E-state index contributed by atoms with van der Waals surface area (Å²) in [6.07, 6.45) is 0.488. The fourth-order valence-corrected chi connectivity index (χ4v) is 3.08. The minimum Gasteiger partial charge on any atom is -0.326 e. The number of nitrogens with one attached hydrogen (secondary N) is 1. The molecule has 0 saturated heterocycles. The van der Waals surface area contributed by atoms with Gasteiger partial charge < -0.3 is 5.32 Å². The Kier molecular flexibility index (Phi) is 2.58. The second-order valence-corrected chi connectivity index (χ2v) is 5.37. The minimum absolute atomic E-state index is 0.0463. The van der Waals surface area contributed by atoms with Gasteiger partial charge in [-0.2, -0.15) is 0 Å². The number of benzene rings is 4. The zero-order valence-electron chi connectivity index (χ0n) is 11.8. The average Bonchev–Trinajstić information content (AvgIpc) is 2.53. The van der Waals surface area contributed by atoms with Crippen molar-refractivity contribution in [1.29, 1.82) is 0 Å². The summed E-state index contributed by atoms with van der Waals surface area (Å²) >= 11 is 0. The molecule has 4 aromatic carbocycles. The average molecular weight is 273 g/mol. The minimum atomic E-state index is 0.0463. The Bertz CT molecular complexity index is 955. The van der Waals surface area contributed by atoms with Gasteiger partial charge in [0.25, 0.3) is 0 Å². The highest BCUT2D eigenvalue weighted by Crippen LogP contribution is 2.37. The summed E-state index contributed by atoms with van der Waals surface area (Å²) in [6, 6.07) is 19.0. The zero-order valence-corrected chi connectivity index (χ0v) is 11.8. The van der Waals surface area contributed by atoms with E-state index in [1.165, 1.54) is 26.9 Å². The summed E-state index contributed by atoms with van der Waals surface area (Å²) in [7, 11) is 0. The van der Waals surface area contributed by atoms with Crippen LogP contribution in [0.15, 0.2) is 54.6 Å². The van der Waals surface area contributed by atoms with Gasteiger partial charge in [0.2, 0.25) is 5.91 Å². The van der Waals surface area contributed by atoms with Crippen molar-refractivity contribution in [3.63, 3.8) is 0 Å². The molecule has 1 N–H and O–H groups in total. The Hall–Kier alpha value is -2.61. The van der Waals surface area contributed by atoms with Crippen molar-refractivity contribution in [2.45, 2.75) is 13.3 Å².